The van der Waals surface area contributed by atoms with Crippen LogP contribution in [0.15, 0.2) is 41.0 Å². The number of amides is 2. The van der Waals surface area contributed by atoms with Crippen molar-refractivity contribution in [3.63, 3.8) is 0 Å². The second-order valence-electron chi connectivity index (χ2n) is 5.99. The molecule has 2 heterocycles. The molecule has 3 rings (SSSR count). The number of benzene rings is 1. The number of piperidine rings is 1. The zero-order valence-electron chi connectivity index (χ0n) is 13.5. The van der Waals surface area contributed by atoms with Gasteiger partial charge in [-0.3, -0.25) is 9.59 Å². The maximum Gasteiger partial charge on any atom is 0.253 e. The number of hydrogen-bond donors (Lipinski definition) is 1. The van der Waals surface area contributed by atoms with E-state index in [-0.39, 0.29) is 17.7 Å². The highest BCUT2D eigenvalue weighted by molar-refractivity contribution is 6.42. The fourth-order valence-corrected chi connectivity index (χ4v) is 3.19. The minimum atomic E-state index is -0.0900. The molecule has 2 amide bonds. The number of furan rings is 1. The fraction of sp³-hybridized carbons (Fsp3) is 0.333. The van der Waals surface area contributed by atoms with Crippen LogP contribution in [0.3, 0.4) is 0 Å². The SMILES string of the molecule is O=C(NCc1ccco1)C1CCN(C(=O)c2ccc(Cl)c(Cl)c2)CC1. The largest absolute Gasteiger partial charge is 0.467 e. The Morgan fingerprint density at radius 1 is 1.16 bits per heavy atom. The number of halogens is 2. The predicted octanol–water partition coefficient (Wildman–Crippen LogP) is 3.76. The molecule has 25 heavy (non-hydrogen) atoms. The maximum absolute atomic E-state index is 12.5. The summed E-state index contributed by atoms with van der Waals surface area (Å²) in [5, 5.41) is 3.66. The van der Waals surface area contributed by atoms with Crippen molar-refractivity contribution in [2.45, 2.75) is 19.4 Å². The molecule has 132 valence electrons. The highest BCUT2D eigenvalue weighted by Crippen LogP contribution is 2.25. The van der Waals surface area contributed by atoms with Crippen molar-refractivity contribution in [2.24, 2.45) is 5.92 Å². The maximum atomic E-state index is 12.5. The molecule has 1 aromatic carbocycles. The zero-order chi connectivity index (χ0) is 17.8. The Bertz CT molecular complexity index is 754. The Kier molecular flexibility index (Phi) is 5.66. The summed E-state index contributed by atoms with van der Waals surface area (Å²) < 4.78 is 5.20. The molecule has 0 aliphatic carbocycles. The van der Waals surface area contributed by atoms with E-state index in [0.29, 0.717) is 48.1 Å². The predicted molar refractivity (Wildman–Crippen MR) is 95.6 cm³/mol. The van der Waals surface area contributed by atoms with Crippen molar-refractivity contribution in [3.05, 3.63) is 58.0 Å². The molecule has 1 aliphatic heterocycles. The lowest BCUT2D eigenvalue weighted by Crippen LogP contribution is -2.42. The van der Waals surface area contributed by atoms with Gasteiger partial charge in [0.2, 0.25) is 5.91 Å². The van der Waals surface area contributed by atoms with Gasteiger partial charge in [-0.1, -0.05) is 23.2 Å². The second kappa shape index (κ2) is 7.93. The summed E-state index contributed by atoms with van der Waals surface area (Å²) >= 11 is 11.9. The Morgan fingerprint density at radius 3 is 2.56 bits per heavy atom. The van der Waals surface area contributed by atoms with E-state index in [1.54, 1.807) is 35.4 Å². The normalized spacial score (nSPS) is 15.2. The van der Waals surface area contributed by atoms with Gasteiger partial charge in [0, 0.05) is 24.6 Å². The van der Waals surface area contributed by atoms with Crippen molar-refractivity contribution in [1.82, 2.24) is 10.2 Å². The van der Waals surface area contributed by atoms with E-state index in [9.17, 15) is 9.59 Å². The molecule has 1 fully saturated rings. The van der Waals surface area contributed by atoms with Crippen LogP contribution in [-0.2, 0) is 11.3 Å². The van der Waals surface area contributed by atoms with E-state index >= 15 is 0 Å². The average Bonchev–Trinajstić information content (AvgIpc) is 3.15. The first-order valence-electron chi connectivity index (χ1n) is 8.09. The van der Waals surface area contributed by atoms with Crippen molar-refractivity contribution in [1.29, 1.82) is 0 Å². The molecule has 1 aliphatic rings. The van der Waals surface area contributed by atoms with Crippen LogP contribution in [0, 0.1) is 5.92 Å². The van der Waals surface area contributed by atoms with Crippen LogP contribution in [0.4, 0.5) is 0 Å². The van der Waals surface area contributed by atoms with E-state index in [1.807, 2.05) is 6.07 Å². The van der Waals surface area contributed by atoms with E-state index in [2.05, 4.69) is 5.32 Å². The van der Waals surface area contributed by atoms with E-state index < -0.39 is 0 Å². The summed E-state index contributed by atoms with van der Waals surface area (Å²) in [6, 6.07) is 8.46. The van der Waals surface area contributed by atoms with Gasteiger partial charge in [0.25, 0.3) is 5.91 Å². The van der Waals surface area contributed by atoms with Crippen molar-refractivity contribution < 1.29 is 14.0 Å². The average molecular weight is 381 g/mol. The summed E-state index contributed by atoms with van der Waals surface area (Å²) in [7, 11) is 0. The van der Waals surface area contributed by atoms with Gasteiger partial charge in [0.05, 0.1) is 22.9 Å². The standard InChI is InChI=1S/C18H18Cl2N2O3/c19-15-4-3-13(10-16(15)20)18(24)22-7-5-12(6-8-22)17(23)21-11-14-2-1-9-25-14/h1-4,9-10,12H,5-8,11H2,(H,21,23). The monoisotopic (exact) mass is 380 g/mol. The minimum Gasteiger partial charge on any atom is -0.467 e. The van der Waals surface area contributed by atoms with Crippen LogP contribution in [-0.4, -0.2) is 29.8 Å². The molecule has 0 bridgehead atoms. The highest BCUT2D eigenvalue weighted by atomic mass is 35.5. The van der Waals surface area contributed by atoms with E-state index in [4.69, 9.17) is 27.6 Å². The van der Waals surface area contributed by atoms with Crippen LogP contribution in [0.2, 0.25) is 10.0 Å². The molecule has 1 N–H and O–H groups in total. The molecule has 0 saturated carbocycles. The lowest BCUT2D eigenvalue weighted by Gasteiger charge is -2.31. The first kappa shape index (κ1) is 17.8. The molecule has 2 aromatic rings. The van der Waals surface area contributed by atoms with Gasteiger partial charge in [-0.05, 0) is 43.2 Å². The van der Waals surface area contributed by atoms with Gasteiger partial charge in [0.15, 0.2) is 0 Å². The summed E-state index contributed by atoms with van der Waals surface area (Å²) in [5.41, 5.74) is 0.509. The molecule has 5 nitrogen and oxygen atoms in total. The van der Waals surface area contributed by atoms with Crippen LogP contribution in [0.1, 0.15) is 29.0 Å². The molecular formula is C18H18Cl2N2O3. The molecular weight excluding hydrogens is 363 g/mol. The Labute approximate surface area is 155 Å². The Morgan fingerprint density at radius 2 is 1.92 bits per heavy atom. The smallest absolute Gasteiger partial charge is 0.253 e. The topological polar surface area (TPSA) is 62.6 Å². The number of hydrogen-bond acceptors (Lipinski definition) is 3. The third kappa shape index (κ3) is 4.35. The third-order valence-corrected chi connectivity index (χ3v) is 5.08. The number of rotatable bonds is 4. The Balaban J connectivity index is 1.51. The van der Waals surface area contributed by atoms with Gasteiger partial charge in [-0.2, -0.15) is 0 Å². The number of nitrogens with zero attached hydrogens (tertiary/aromatic N) is 1. The lowest BCUT2D eigenvalue weighted by molar-refractivity contribution is -0.126. The summed E-state index contributed by atoms with van der Waals surface area (Å²) in [5.74, 6) is 0.541. The van der Waals surface area contributed by atoms with E-state index in [1.165, 1.54) is 0 Å². The molecule has 0 spiro atoms. The van der Waals surface area contributed by atoms with Gasteiger partial charge in [0.1, 0.15) is 5.76 Å². The van der Waals surface area contributed by atoms with Crippen LogP contribution in [0.25, 0.3) is 0 Å². The van der Waals surface area contributed by atoms with Crippen molar-refractivity contribution in [3.8, 4) is 0 Å². The van der Waals surface area contributed by atoms with Gasteiger partial charge in [-0.15, -0.1) is 0 Å². The number of likely N-dealkylation sites (tertiary alicyclic amines) is 1. The molecule has 1 aromatic heterocycles. The molecule has 0 atom stereocenters. The molecule has 1 saturated heterocycles. The van der Waals surface area contributed by atoms with Gasteiger partial charge >= 0.3 is 0 Å². The minimum absolute atomic E-state index is 0.00182. The molecule has 0 radical (unpaired) electrons. The number of carbonyl (C=O) groups excluding carboxylic acids is 2. The summed E-state index contributed by atoms with van der Waals surface area (Å²) in [6.07, 6.45) is 2.85. The zero-order valence-corrected chi connectivity index (χ0v) is 15.0. The summed E-state index contributed by atoms with van der Waals surface area (Å²) in [4.78, 5) is 26.5. The van der Waals surface area contributed by atoms with Crippen molar-refractivity contribution in [2.75, 3.05) is 13.1 Å². The second-order valence-corrected chi connectivity index (χ2v) is 6.81. The highest BCUT2D eigenvalue weighted by Gasteiger charge is 2.28. The number of nitrogens with one attached hydrogen (secondary N) is 1. The third-order valence-electron chi connectivity index (χ3n) is 4.34. The van der Waals surface area contributed by atoms with Crippen LogP contribution in [0.5, 0.6) is 0 Å². The Hall–Kier alpha value is -1.98. The van der Waals surface area contributed by atoms with Crippen LogP contribution >= 0.6 is 23.2 Å². The molecule has 7 heteroatoms. The van der Waals surface area contributed by atoms with Gasteiger partial charge < -0.3 is 14.6 Å². The van der Waals surface area contributed by atoms with Crippen LogP contribution < -0.4 is 5.32 Å². The van der Waals surface area contributed by atoms with Gasteiger partial charge in [-0.25, -0.2) is 0 Å². The first-order chi connectivity index (χ1) is 12.0. The van der Waals surface area contributed by atoms with E-state index in [0.717, 1.165) is 5.76 Å². The first-order valence-corrected chi connectivity index (χ1v) is 8.84. The summed E-state index contributed by atoms with van der Waals surface area (Å²) in [6.45, 7) is 1.46. The quantitative estimate of drug-likeness (QED) is 0.878. The van der Waals surface area contributed by atoms with Crippen molar-refractivity contribution >= 4 is 35.0 Å². The fourth-order valence-electron chi connectivity index (χ4n) is 2.89. The number of carbonyl (C=O) groups is 2. The lowest BCUT2D eigenvalue weighted by atomic mass is 9.95. The molecule has 0 unspecified atom stereocenters.